The lowest BCUT2D eigenvalue weighted by atomic mass is 10.0. The van der Waals surface area contributed by atoms with E-state index < -0.39 is 0 Å². The van der Waals surface area contributed by atoms with Crippen LogP contribution in [0.5, 0.6) is 0 Å². The summed E-state index contributed by atoms with van der Waals surface area (Å²) in [5.74, 6) is 0.714. The molecule has 2 atom stereocenters. The summed E-state index contributed by atoms with van der Waals surface area (Å²) >= 11 is 0. The third kappa shape index (κ3) is 3.66. The van der Waals surface area contributed by atoms with E-state index in [1.54, 1.807) is 18.5 Å². The second-order valence-corrected chi connectivity index (χ2v) is 5.18. The molecule has 6 heteroatoms. The average molecular weight is 277 g/mol. The first-order valence-corrected chi connectivity index (χ1v) is 7.27. The van der Waals surface area contributed by atoms with Crippen molar-refractivity contribution < 1.29 is 4.79 Å². The van der Waals surface area contributed by atoms with Gasteiger partial charge in [-0.3, -0.25) is 4.79 Å². The number of piperidine rings is 1. The SMILES string of the molecule is CCC(CN)C(=O)NC1CCCN(c2ncccn2)C1. The van der Waals surface area contributed by atoms with Gasteiger partial charge >= 0.3 is 0 Å². The van der Waals surface area contributed by atoms with Crippen molar-refractivity contribution in [3.05, 3.63) is 18.5 Å². The zero-order valence-electron chi connectivity index (χ0n) is 12.0. The maximum Gasteiger partial charge on any atom is 0.225 e. The van der Waals surface area contributed by atoms with Crippen LogP contribution in [0.3, 0.4) is 0 Å². The number of nitrogens with two attached hydrogens (primary N) is 1. The van der Waals surface area contributed by atoms with Crippen LogP contribution in [-0.4, -0.2) is 41.6 Å². The first-order valence-electron chi connectivity index (χ1n) is 7.27. The molecule has 1 aromatic rings. The van der Waals surface area contributed by atoms with E-state index in [-0.39, 0.29) is 17.9 Å². The highest BCUT2D eigenvalue weighted by Crippen LogP contribution is 2.15. The van der Waals surface area contributed by atoms with E-state index in [4.69, 9.17) is 5.73 Å². The van der Waals surface area contributed by atoms with Crippen LogP contribution in [0.15, 0.2) is 18.5 Å². The van der Waals surface area contributed by atoms with E-state index in [9.17, 15) is 4.79 Å². The minimum absolute atomic E-state index is 0.0656. The maximum absolute atomic E-state index is 12.1. The van der Waals surface area contributed by atoms with Gasteiger partial charge in [-0.15, -0.1) is 0 Å². The molecule has 0 bridgehead atoms. The van der Waals surface area contributed by atoms with E-state index >= 15 is 0 Å². The van der Waals surface area contributed by atoms with Crippen molar-refractivity contribution in [2.45, 2.75) is 32.2 Å². The minimum Gasteiger partial charge on any atom is -0.351 e. The predicted molar refractivity (Wildman–Crippen MR) is 78.2 cm³/mol. The standard InChI is InChI=1S/C14H23N5O/c1-2-11(9-15)13(20)18-12-5-3-8-19(10-12)14-16-6-4-7-17-14/h4,6-7,11-12H,2-3,5,8-10,15H2,1H3,(H,18,20). The van der Waals surface area contributed by atoms with Crippen molar-refractivity contribution >= 4 is 11.9 Å². The largest absolute Gasteiger partial charge is 0.351 e. The number of hydrogen-bond donors (Lipinski definition) is 2. The van der Waals surface area contributed by atoms with Crippen LogP contribution < -0.4 is 16.0 Å². The third-order valence-corrected chi connectivity index (χ3v) is 3.75. The lowest BCUT2D eigenvalue weighted by Gasteiger charge is -2.33. The molecule has 1 fully saturated rings. The van der Waals surface area contributed by atoms with Gasteiger partial charge in [0.25, 0.3) is 0 Å². The van der Waals surface area contributed by atoms with Crippen LogP contribution in [-0.2, 0) is 4.79 Å². The molecule has 110 valence electrons. The molecular formula is C14H23N5O. The van der Waals surface area contributed by atoms with Gasteiger partial charge in [-0.1, -0.05) is 6.92 Å². The van der Waals surface area contributed by atoms with E-state index in [1.165, 1.54) is 0 Å². The van der Waals surface area contributed by atoms with Gasteiger partial charge in [0.15, 0.2) is 0 Å². The lowest BCUT2D eigenvalue weighted by molar-refractivity contribution is -0.125. The number of hydrogen-bond acceptors (Lipinski definition) is 5. The Balaban J connectivity index is 1.92. The van der Waals surface area contributed by atoms with Crippen LogP contribution in [0.2, 0.25) is 0 Å². The van der Waals surface area contributed by atoms with E-state index in [1.807, 2.05) is 6.92 Å². The Morgan fingerprint density at radius 3 is 2.95 bits per heavy atom. The van der Waals surface area contributed by atoms with Crippen molar-refractivity contribution in [2.75, 3.05) is 24.5 Å². The Morgan fingerprint density at radius 1 is 1.55 bits per heavy atom. The van der Waals surface area contributed by atoms with E-state index in [2.05, 4.69) is 20.2 Å². The van der Waals surface area contributed by atoms with Gasteiger partial charge in [0.1, 0.15) is 0 Å². The molecule has 1 amide bonds. The summed E-state index contributed by atoms with van der Waals surface area (Å²) in [6.07, 6.45) is 6.29. The van der Waals surface area contributed by atoms with Gasteiger partial charge < -0.3 is 16.0 Å². The molecule has 1 aliphatic rings. The Kier molecular flexibility index (Phi) is 5.29. The molecule has 2 rings (SSSR count). The number of nitrogens with one attached hydrogen (secondary N) is 1. The fourth-order valence-electron chi connectivity index (χ4n) is 2.51. The Bertz CT molecular complexity index is 421. The number of nitrogens with zero attached hydrogens (tertiary/aromatic N) is 3. The molecule has 1 saturated heterocycles. The van der Waals surface area contributed by atoms with Gasteiger partial charge in [-0.25, -0.2) is 9.97 Å². The Morgan fingerprint density at radius 2 is 2.30 bits per heavy atom. The second-order valence-electron chi connectivity index (χ2n) is 5.18. The summed E-state index contributed by atoms with van der Waals surface area (Å²) in [5.41, 5.74) is 5.62. The summed E-state index contributed by atoms with van der Waals surface area (Å²) in [6.45, 7) is 4.09. The van der Waals surface area contributed by atoms with Crippen LogP contribution in [0, 0.1) is 5.92 Å². The summed E-state index contributed by atoms with van der Waals surface area (Å²) in [6, 6.07) is 1.96. The molecule has 3 N–H and O–H groups in total. The van der Waals surface area contributed by atoms with Crippen LogP contribution >= 0.6 is 0 Å². The number of rotatable bonds is 5. The van der Waals surface area contributed by atoms with Crippen molar-refractivity contribution in [2.24, 2.45) is 11.7 Å². The van der Waals surface area contributed by atoms with Gasteiger partial charge in [-0.05, 0) is 25.3 Å². The molecule has 0 saturated carbocycles. The van der Waals surface area contributed by atoms with E-state index in [0.717, 1.165) is 38.3 Å². The number of anilines is 1. The second kappa shape index (κ2) is 7.19. The molecule has 0 spiro atoms. The molecule has 2 unspecified atom stereocenters. The zero-order valence-corrected chi connectivity index (χ0v) is 12.0. The Hall–Kier alpha value is -1.69. The first-order chi connectivity index (χ1) is 9.74. The zero-order chi connectivity index (χ0) is 14.4. The Labute approximate surface area is 119 Å². The fraction of sp³-hybridized carbons (Fsp3) is 0.643. The quantitative estimate of drug-likeness (QED) is 0.821. The van der Waals surface area contributed by atoms with Crippen molar-refractivity contribution in [1.29, 1.82) is 0 Å². The van der Waals surface area contributed by atoms with Crippen LogP contribution in [0.4, 0.5) is 5.95 Å². The molecule has 0 radical (unpaired) electrons. The monoisotopic (exact) mass is 277 g/mol. The highest BCUT2D eigenvalue weighted by molar-refractivity contribution is 5.79. The van der Waals surface area contributed by atoms with Crippen LogP contribution in [0.1, 0.15) is 26.2 Å². The fourth-order valence-corrected chi connectivity index (χ4v) is 2.51. The third-order valence-electron chi connectivity index (χ3n) is 3.75. The van der Waals surface area contributed by atoms with Gasteiger partial charge in [0.2, 0.25) is 11.9 Å². The molecule has 2 heterocycles. The predicted octanol–water partition coefficient (Wildman–Crippen LogP) is 0.547. The molecule has 0 aliphatic carbocycles. The maximum atomic E-state index is 12.1. The normalized spacial score (nSPS) is 20.5. The summed E-state index contributed by atoms with van der Waals surface area (Å²) < 4.78 is 0. The van der Waals surface area contributed by atoms with Gasteiger partial charge in [0, 0.05) is 44.0 Å². The first kappa shape index (κ1) is 14.7. The molecule has 0 aromatic carbocycles. The number of aromatic nitrogens is 2. The molecule has 1 aromatic heterocycles. The highest BCUT2D eigenvalue weighted by Gasteiger charge is 2.24. The molecule has 1 aliphatic heterocycles. The topological polar surface area (TPSA) is 84.1 Å². The van der Waals surface area contributed by atoms with Gasteiger partial charge in [-0.2, -0.15) is 0 Å². The van der Waals surface area contributed by atoms with E-state index in [0.29, 0.717) is 6.54 Å². The molecule has 20 heavy (non-hydrogen) atoms. The minimum atomic E-state index is -0.0849. The van der Waals surface area contributed by atoms with Crippen molar-refractivity contribution in [1.82, 2.24) is 15.3 Å². The highest BCUT2D eigenvalue weighted by atomic mass is 16.2. The van der Waals surface area contributed by atoms with Crippen molar-refractivity contribution in [3.63, 3.8) is 0 Å². The molecular weight excluding hydrogens is 254 g/mol. The summed E-state index contributed by atoms with van der Waals surface area (Å²) in [4.78, 5) is 22.7. The van der Waals surface area contributed by atoms with Gasteiger partial charge in [0.05, 0.1) is 0 Å². The lowest BCUT2D eigenvalue weighted by Crippen LogP contribution is -2.50. The summed E-state index contributed by atoms with van der Waals surface area (Å²) in [7, 11) is 0. The number of amides is 1. The number of carbonyl (C=O) groups is 1. The average Bonchev–Trinajstić information content (AvgIpc) is 2.49. The molecule has 6 nitrogen and oxygen atoms in total. The summed E-state index contributed by atoms with van der Waals surface area (Å²) in [5, 5.41) is 3.10. The smallest absolute Gasteiger partial charge is 0.225 e. The van der Waals surface area contributed by atoms with Crippen LogP contribution in [0.25, 0.3) is 0 Å². The van der Waals surface area contributed by atoms with Crippen molar-refractivity contribution in [3.8, 4) is 0 Å². The number of carbonyl (C=O) groups excluding carboxylic acids is 1.